The van der Waals surface area contributed by atoms with Crippen LogP contribution < -0.4 is 15.2 Å². The molecule has 0 fully saturated rings. The van der Waals surface area contributed by atoms with Gasteiger partial charge in [0, 0.05) is 6.54 Å². The molecule has 0 heterocycles. The van der Waals surface area contributed by atoms with Crippen LogP contribution in [0.15, 0.2) is 36.4 Å². The van der Waals surface area contributed by atoms with Crippen molar-refractivity contribution in [2.24, 2.45) is 5.73 Å². The highest BCUT2D eigenvalue weighted by atomic mass is 32.2. The standard InChI is InChI=1S/C15H17F3N2O3S/c1-10(20-24(21,22)15(16,17)18)9-23-13-6-11-4-2-3-5-14(11)12(7-13)8-19/h2-7,10,20H,8-9,19H2,1H3/t10-/m0/s1. The summed E-state index contributed by atoms with van der Waals surface area (Å²) >= 11 is 0. The fourth-order valence-electron chi connectivity index (χ4n) is 2.20. The van der Waals surface area contributed by atoms with Crippen molar-refractivity contribution >= 4 is 20.8 Å². The summed E-state index contributed by atoms with van der Waals surface area (Å²) in [7, 11) is -5.40. The van der Waals surface area contributed by atoms with E-state index in [1.54, 1.807) is 12.1 Å². The maximum atomic E-state index is 12.3. The first-order valence-electron chi connectivity index (χ1n) is 7.07. The molecule has 9 heteroatoms. The minimum Gasteiger partial charge on any atom is -0.492 e. The normalized spacial score (nSPS) is 13.9. The molecule has 0 aliphatic carbocycles. The second-order valence-electron chi connectivity index (χ2n) is 5.29. The molecule has 0 aliphatic rings. The monoisotopic (exact) mass is 362 g/mol. The van der Waals surface area contributed by atoms with E-state index in [-0.39, 0.29) is 13.2 Å². The van der Waals surface area contributed by atoms with Gasteiger partial charge in [0.1, 0.15) is 12.4 Å². The molecule has 132 valence electrons. The second-order valence-corrected chi connectivity index (χ2v) is 6.99. The zero-order valence-electron chi connectivity index (χ0n) is 12.8. The predicted molar refractivity (Wildman–Crippen MR) is 84.9 cm³/mol. The molecule has 2 aromatic rings. The number of benzene rings is 2. The average molecular weight is 362 g/mol. The smallest absolute Gasteiger partial charge is 0.492 e. The summed E-state index contributed by atoms with van der Waals surface area (Å²) in [4.78, 5) is 0. The van der Waals surface area contributed by atoms with Gasteiger partial charge in [0.25, 0.3) is 0 Å². The molecule has 0 saturated heterocycles. The van der Waals surface area contributed by atoms with Crippen LogP contribution in [-0.2, 0) is 16.6 Å². The molecule has 0 aliphatic heterocycles. The minimum atomic E-state index is -5.40. The largest absolute Gasteiger partial charge is 0.511 e. The number of hydrogen-bond donors (Lipinski definition) is 2. The van der Waals surface area contributed by atoms with Gasteiger partial charge in [0.15, 0.2) is 0 Å². The van der Waals surface area contributed by atoms with Crippen molar-refractivity contribution in [3.05, 3.63) is 42.0 Å². The van der Waals surface area contributed by atoms with Crippen molar-refractivity contribution in [2.75, 3.05) is 6.61 Å². The molecule has 0 saturated carbocycles. The van der Waals surface area contributed by atoms with Crippen LogP contribution in [0.3, 0.4) is 0 Å². The molecule has 0 aromatic heterocycles. The van der Waals surface area contributed by atoms with Gasteiger partial charge >= 0.3 is 15.5 Å². The van der Waals surface area contributed by atoms with Crippen molar-refractivity contribution in [2.45, 2.75) is 25.0 Å². The molecule has 0 unspecified atom stereocenters. The van der Waals surface area contributed by atoms with E-state index < -0.39 is 21.6 Å². The van der Waals surface area contributed by atoms with Crippen LogP contribution >= 0.6 is 0 Å². The third-order valence-corrected chi connectivity index (χ3v) is 4.62. The van der Waals surface area contributed by atoms with Crippen LogP contribution in [0.4, 0.5) is 13.2 Å². The number of fused-ring (bicyclic) bond motifs is 1. The van der Waals surface area contributed by atoms with Crippen LogP contribution in [0.25, 0.3) is 10.8 Å². The van der Waals surface area contributed by atoms with E-state index in [4.69, 9.17) is 10.5 Å². The summed E-state index contributed by atoms with van der Waals surface area (Å²) in [6.07, 6.45) is 0. The molecule has 0 bridgehead atoms. The Bertz CT molecular complexity index is 822. The fourth-order valence-corrected chi connectivity index (χ4v) is 2.93. The topological polar surface area (TPSA) is 81.4 Å². The number of hydrogen-bond acceptors (Lipinski definition) is 4. The van der Waals surface area contributed by atoms with E-state index in [1.807, 2.05) is 24.3 Å². The van der Waals surface area contributed by atoms with E-state index in [1.165, 1.54) is 11.6 Å². The first kappa shape index (κ1) is 18.5. The van der Waals surface area contributed by atoms with Gasteiger partial charge in [-0.2, -0.15) is 13.2 Å². The zero-order valence-corrected chi connectivity index (χ0v) is 13.6. The highest BCUT2D eigenvalue weighted by molar-refractivity contribution is 7.90. The van der Waals surface area contributed by atoms with Crippen molar-refractivity contribution in [3.8, 4) is 5.75 Å². The van der Waals surface area contributed by atoms with E-state index in [0.717, 1.165) is 16.3 Å². The lowest BCUT2D eigenvalue weighted by molar-refractivity contribution is -0.0451. The van der Waals surface area contributed by atoms with Crippen molar-refractivity contribution < 1.29 is 26.3 Å². The molecular formula is C15H17F3N2O3S. The van der Waals surface area contributed by atoms with Gasteiger partial charge in [0.05, 0.1) is 6.04 Å². The van der Waals surface area contributed by atoms with Gasteiger partial charge in [-0.25, -0.2) is 13.1 Å². The Balaban J connectivity index is 2.11. The summed E-state index contributed by atoms with van der Waals surface area (Å²) in [5, 5.41) is 1.83. The second kappa shape index (κ2) is 6.96. The van der Waals surface area contributed by atoms with E-state index in [0.29, 0.717) is 5.75 Å². The summed E-state index contributed by atoms with van der Waals surface area (Å²) in [5.41, 5.74) is 1.17. The summed E-state index contributed by atoms with van der Waals surface area (Å²) in [6.45, 7) is 1.31. The Kier molecular flexibility index (Phi) is 5.36. The van der Waals surface area contributed by atoms with Crippen molar-refractivity contribution in [3.63, 3.8) is 0 Å². The quantitative estimate of drug-likeness (QED) is 0.827. The van der Waals surface area contributed by atoms with Crippen LogP contribution in [-0.4, -0.2) is 26.6 Å². The number of halogens is 3. The third-order valence-electron chi connectivity index (χ3n) is 3.30. The SMILES string of the molecule is C[C@@H](COc1cc(CN)c2ccccc2c1)NS(=O)(=O)C(F)(F)F. The molecule has 0 amide bonds. The molecule has 1 atom stereocenters. The Labute approximate surface area is 137 Å². The molecule has 2 rings (SSSR count). The van der Waals surface area contributed by atoms with Gasteiger partial charge in [0.2, 0.25) is 0 Å². The van der Waals surface area contributed by atoms with Crippen molar-refractivity contribution in [1.82, 2.24) is 4.72 Å². The summed E-state index contributed by atoms with van der Waals surface area (Å²) in [5.74, 6) is 0.409. The van der Waals surface area contributed by atoms with Crippen LogP contribution in [0, 0.1) is 0 Å². The average Bonchev–Trinajstić information content (AvgIpc) is 2.50. The summed E-state index contributed by atoms with van der Waals surface area (Å²) in [6, 6.07) is 9.83. The van der Waals surface area contributed by atoms with E-state index >= 15 is 0 Å². The number of alkyl halides is 3. The zero-order chi connectivity index (χ0) is 18.0. The van der Waals surface area contributed by atoms with Gasteiger partial charge in [-0.3, -0.25) is 0 Å². The van der Waals surface area contributed by atoms with Gasteiger partial charge in [-0.05, 0) is 35.4 Å². The number of sulfonamides is 1. The first-order valence-corrected chi connectivity index (χ1v) is 8.55. The highest BCUT2D eigenvalue weighted by Crippen LogP contribution is 2.26. The van der Waals surface area contributed by atoms with E-state index in [9.17, 15) is 21.6 Å². The minimum absolute atomic E-state index is 0.252. The molecule has 5 nitrogen and oxygen atoms in total. The Morgan fingerprint density at radius 2 is 1.92 bits per heavy atom. The van der Waals surface area contributed by atoms with E-state index in [2.05, 4.69) is 0 Å². The number of nitrogens with one attached hydrogen (secondary N) is 1. The summed E-state index contributed by atoms with van der Waals surface area (Å²) < 4.78 is 66.0. The molecule has 24 heavy (non-hydrogen) atoms. The number of rotatable bonds is 6. The van der Waals surface area contributed by atoms with Crippen LogP contribution in [0.5, 0.6) is 5.75 Å². The van der Waals surface area contributed by atoms with Crippen LogP contribution in [0.2, 0.25) is 0 Å². The third kappa shape index (κ3) is 4.16. The van der Waals surface area contributed by atoms with Gasteiger partial charge < -0.3 is 10.5 Å². The Hall–Kier alpha value is -1.84. The van der Waals surface area contributed by atoms with Crippen molar-refractivity contribution in [1.29, 1.82) is 0 Å². The van der Waals surface area contributed by atoms with Gasteiger partial charge in [-0.15, -0.1) is 0 Å². The lowest BCUT2D eigenvalue weighted by Crippen LogP contribution is -2.43. The Morgan fingerprint density at radius 3 is 2.54 bits per heavy atom. The predicted octanol–water partition coefficient (Wildman–Crippen LogP) is 2.51. The number of ether oxygens (including phenoxy) is 1. The molecular weight excluding hydrogens is 345 g/mol. The fraction of sp³-hybridized carbons (Fsp3) is 0.333. The maximum Gasteiger partial charge on any atom is 0.511 e. The Morgan fingerprint density at radius 1 is 1.25 bits per heavy atom. The van der Waals surface area contributed by atoms with Gasteiger partial charge in [-0.1, -0.05) is 24.3 Å². The molecule has 0 radical (unpaired) electrons. The lowest BCUT2D eigenvalue weighted by Gasteiger charge is -2.17. The van der Waals surface area contributed by atoms with Crippen LogP contribution in [0.1, 0.15) is 12.5 Å². The molecule has 2 aromatic carbocycles. The highest BCUT2D eigenvalue weighted by Gasteiger charge is 2.46. The lowest BCUT2D eigenvalue weighted by atomic mass is 10.0. The maximum absolute atomic E-state index is 12.3. The molecule has 0 spiro atoms. The molecule has 3 N–H and O–H groups in total. The first-order chi connectivity index (χ1) is 11.1. The number of nitrogens with two attached hydrogens (primary N) is 1.